The summed E-state index contributed by atoms with van der Waals surface area (Å²) in [5.74, 6) is 0.322. The number of ether oxygens (including phenoxy) is 1. The quantitative estimate of drug-likeness (QED) is 0.789. The number of urea groups is 1. The van der Waals surface area contributed by atoms with Crippen molar-refractivity contribution in [2.75, 3.05) is 45.9 Å². The Morgan fingerprint density at radius 2 is 1.43 bits per heavy atom. The van der Waals surface area contributed by atoms with Gasteiger partial charge >= 0.3 is 12.1 Å². The number of carbonyl (C=O) groups excluding carboxylic acids is 2. The van der Waals surface area contributed by atoms with Crippen LogP contribution in [-0.4, -0.2) is 83.4 Å². The predicted octanol–water partition coefficient (Wildman–Crippen LogP) is 1.36. The van der Waals surface area contributed by atoms with Crippen LogP contribution in [0.5, 0.6) is 0 Å². The molecule has 0 aromatic heterocycles. The molecule has 0 aliphatic carbocycles. The van der Waals surface area contributed by atoms with Crippen LogP contribution in [0.25, 0.3) is 0 Å². The molecule has 3 amide bonds. The van der Waals surface area contributed by atoms with E-state index in [2.05, 4.69) is 0 Å². The number of likely N-dealkylation sites (tertiary alicyclic amines) is 1. The predicted molar refractivity (Wildman–Crippen MR) is 86.2 cm³/mol. The highest BCUT2D eigenvalue weighted by Crippen LogP contribution is 2.18. The molecule has 2 aliphatic rings. The van der Waals surface area contributed by atoms with Crippen molar-refractivity contribution in [3.05, 3.63) is 0 Å². The van der Waals surface area contributed by atoms with Crippen LogP contribution in [0.1, 0.15) is 33.6 Å². The Labute approximate surface area is 138 Å². The summed E-state index contributed by atoms with van der Waals surface area (Å²) < 4.78 is 5.36. The molecule has 1 N–H and O–H groups in total. The number of aliphatic hydroxyl groups is 1. The smallest absolute Gasteiger partial charge is 0.410 e. The van der Waals surface area contributed by atoms with Crippen LogP contribution in [0.3, 0.4) is 0 Å². The molecule has 7 heteroatoms. The van der Waals surface area contributed by atoms with Crippen molar-refractivity contribution in [3.63, 3.8) is 0 Å². The van der Waals surface area contributed by atoms with E-state index in [4.69, 9.17) is 9.84 Å². The second-order valence-corrected chi connectivity index (χ2v) is 7.35. The number of carbonyl (C=O) groups is 2. The minimum absolute atomic E-state index is 0.0465. The van der Waals surface area contributed by atoms with Gasteiger partial charge in [0.15, 0.2) is 0 Å². The zero-order chi connectivity index (χ0) is 17.0. The molecule has 2 aliphatic heterocycles. The van der Waals surface area contributed by atoms with Crippen LogP contribution >= 0.6 is 0 Å². The molecule has 0 atom stereocenters. The molecule has 2 fully saturated rings. The Balaban J connectivity index is 1.78. The Morgan fingerprint density at radius 3 is 1.91 bits per heavy atom. The van der Waals surface area contributed by atoms with Crippen LogP contribution in [0.15, 0.2) is 0 Å². The first-order valence-electron chi connectivity index (χ1n) is 8.43. The second-order valence-electron chi connectivity index (χ2n) is 7.35. The van der Waals surface area contributed by atoms with E-state index in [1.807, 2.05) is 25.7 Å². The van der Waals surface area contributed by atoms with Crippen molar-refractivity contribution in [1.29, 1.82) is 0 Å². The average molecular weight is 327 g/mol. The maximum absolute atomic E-state index is 12.5. The lowest BCUT2D eigenvalue weighted by Gasteiger charge is -2.39. The van der Waals surface area contributed by atoms with Gasteiger partial charge in [-0.3, -0.25) is 0 Å². The first-order valence-corrected chi connectivity index (χ1v) is 8.43. The zero-order valence-corrected chi connectivity index (χ0v) is 14.5. The lowest BCUT2D eigenvalue weighted by molar-refractivity contribution is 0.0152. The molecular weight excluding hydrogens is 298 g/mol. The van der Waals surface area contributed by atoms with Gasteiger partial charge in [0.25, 0.3) is 0 Å². The Morgan fingerprint density at radius 1 is 0.957 bits per heavy atom. The van der Waals surface area contributed by atoms with Gasteiger partial charge in [-0.1, -0.05) is 0 Å². The third-order valence-electron chi connectivity index (χ3n) is 4.35. The van der Waals surface area contributed by atoms with E-state index in [-0.39, 0.29) is 18.7 Å². The van der Waals surface area contributed by atoms with Crippen molar-refractivity contribution < 1.29 is 19.4 Å². The van der Waals surface area contributed by atoms with Gasteiger partial charge in [-0.15, -0.1) is 0 Å². The summed E-state index contributed by atoms with van der Waals surface area (Å²) in [4.78, 5) is 29.9. The highest BCUT2D eigenvalue weighted by Gasteiger charge is 2.31. The lowest BCUT2D eigenvalue weighted by atomic mass is 9.98. The SMILES string of the molecule is CC(C)(C)OC(=O)N1CCN(C(=O)N2CCC(CO)CC2)CC1. The second kappa shape index (κ2) is 7.38. The lowest BCUT2D eigenvalue weighted by Crippen LogP contribution is -2.55. The maximum Gasteiger partial charge on any atom is 0.410 e. The fourth-order valence-corrected chi connectivity index (χ4v) is 2.91. The van der Waals surface area contributed by atoms with Crippen molar-refractivity contribution >= 4 is 12.1 Å². The third kappa shape index (κ3) is 4.99. The van der Waals surface area contributed by atoms with E-state index in [0.29, 0.717) is 45.2 Å². The number of piperidine rings is 1. The summed E-state index contributed by atoms with van der Waals surface area (Å²) in [6, 6.07) is 0.0465. The largest absolute Gasteiger partial charge is 0.444 e. The molecule has 0 radical (unpaired) electrons. The van der Waals surface area contributed by atoms with Crippen molar-refractivity contribution in [3.8, 4) is 0 Å². The number of nitrogens with zero attached hydrogens (tertiary/aromatic N) is 3. The average Bonchev–Trinajstić information content (AvgIpc) is 2.53. The molecule has 7 nitrogen and oxygen atoms in total. The summed E-state index contributed by atoms with van der Waals surface area (Å²) in [7, 11) is 0. The van der Waals surface area contributed by atoms with Gasteiger partial charge < -0.3 is 24.5 Å². The van der Waals surface area contributed by atoms with Crippen LogP contribution in [0.2, 0.25) is 0 Å². The Bertz CT molecular complexity index is 420. The van der Waals surface area contributed by atoms with E-state index in [1.54, 1.807) is 9.80 Å². The van der Waals surface area contributed by atoms with Gasteiger partial charge in [0.1, 0.15) is 5.60 Å². The van der Waals surface area contributed by atoms with Crippen LogP contribution in [0, 0.1) is 5.92 Å². The summed E-state index contributed by atoms with van der Waals surface area (Å²) in [6.07, 6.45) is 1.41. The monoisotopic (exact) mass is 327 g/mol. The van der Waals surface area contributed by atoms with E-state index in [9.17, 15) is 9.59 Å². The van der Waals surface area contributed by atoms with E-state index in [0.717, 1.165) is 12.8 Å². The highest BCUT2D eigenvalue weighted by atomic mass is 16.6. The summed E-state index contributed by atoms with van der Waals surface area (Å²) >= 11 is 0. The van der Waals surface area contributed by atoms with Gasteiger partial charge in [-0.25, -0.2) is 9.59 Å². The molecular formula is C16H29N3O4. The first-order chi connectivity index (χ1) is 10.8. The van der Waals surface area contributed by atoms with E-state index < -0.39 is 5.60 Å². The molecule has 2 heterocycles. The highest BCUT2D eigenvalue weighted by molar-refractivity contribution is 5.75. The van der Waals surface area contributed by atoms with Crippen LogP contribution < -0.4 is 0 Å². The van der Waals surface area contributed by atoms with Gasteiger partial charge in [0, 0.05) is 45.9 Å². The van der Waals surface area contributed by atoms with Crippen molar-refractivity contribution in [2.45, 2.75) is 39.2 Å². The van der Waals surface area contributed by atoms with Crippen molar-refractivity contribution in [1.82, 2.24) is 14.7 Å². The normalized spacial score (nSPS) is 20.6. The fraction of sp³-hybridized carbons (Fsp3) is 0.875. The molecule has 0 saturated carbocycles. The molecule has 23 heavy (non-hydrogen) atoms. The minimum Gasteiger partial charge on any atom is -0.444 e. The molecule has 2 saturated heterocycles. The number of rotatable bonds is 1. The Kier molecular flexibility index (Phi) is 5.73. The van der Waals surface area contributed by atoms with Gasteiger partial charge in [-0.2, -0.15) is 0 Å². The van der Waals surface area contributed by atoms with Gasteiger partial charge in [0.05, 0.1) is 0 Å². The number of aliphatic hydroxyl groups excluding tert-OH is 1. The molecule has 0 spiro atoms. The van der Waals surface area contributed by atoms with Crippen molar-refractivity contribution in [2.24, 2.45) is 5.92 Å². The zero-order valence-electron chi connectivity index (χ0n) is 14.5. The van der Waals surface area contributed by atoms with Crippen LogP contribution in [-0.2, 0) is 4.74 Å². The standard InChI is InChI=1S/C16H29N3O4/c1-16(2,3)23-15(22)19-10-8-18(9-11-19)14(21)17-6-4-13(12-20)5-7-17/h13,20H,4-12H2,1-3H3. The maximum atomic E-state index is 12.5. The molecule has 0 bridgehead atoms. The van der Waals surface area contributed by atoms with E-state index >= 15 is 0 Å². The van der Waals surface area contributed by atoms with Gasteiger partial charge in [0.2, 0.25) is 0 Å². The third-order valence-corrected chi connectivity index (χ3v) is 4.35. The Hall–Kier alpha value is -1.50. The fourth-order valence-electron chi connectivity index (χ4n) is 2.91. The number of hydrogen-bond donors (Lipinski definition) is 1. The number of piperazine rings is 1. The molecule has 0 aromatic carbocycles. The minimum atomic E-state index is -0.499. The molecule has 132 valence electrons. The molecule has 2 rings (SSSR count). The summed E-state index contributed by atoms with van der Waals surface area (Å²) in [5, 5.41) is 9.16. The first kappa shape index (κ1) is 17.8. The summed E-state index contributed by atoms with van der Waals surface area (Å²) in [5.41, 5.74) is -0.499. The molecule has 0 unspecified atom stereocenters. The number of hydrogen-bond acceptors (Lipinski definition) is 4. The topological polar surface area (TPSA) is 73.3 Å². The summed E-state index contributed by atoms with van der Waals surface area (Å²) in [6.45, 7) is 9.25. The van der Waals surface area contributed by atoms with Gasteiger partial charge in [-0.05, 0) is 39.5 Å². The number of amides is 3. The van der Waals surface area contributed by atoms with E-state index in [1.165, 1.54) is 0 Å². The van der Waals surface area contributed by atoms with Crippen LogP contribution in [0.4, 0.5) is 9.59 Å². The molecule has 0 aromatic rings.